The second-order valence-electron chi connectivity index (χ2n) is 12.5. The molecule has 49 heavy (non-hydrogen) atoms. The van der Waals surface area contributed by atoms with E-state index in [1.54, 1.807) is 0 Å². The van der Waals surface area contributed by atoms with Gasteiger partial charge in [-0.05, 0) is 93.9 Å². The normalized spacial score (nSPS) is 11.8. The monoisotopic (exact) mass is 627 g/mol. The molecule has 2 heterocycles. The molecule has 230 valence electrons. The summed E-state index contributed by atoms with van der Waals surface area (Å²) >= 11 is 0. The number of fused-ring (bicyclic) bond motifs is 5. The predicted molar refractivity (Wildman–Crippen MR) is 202 cm³/mol. The summed E-state index contributed by atoms with van der Waals surface area (Å²) < 4.78 is 12.8. The topological polar surface area (TPSA) is 25.6 Å². The van der Waals surface area contributed by atoms with Crippen molar-refractivity contribution in [2.45, 2.75) is 0 Å². The van der Waals surface area contributed by atoms with Crippen LogP contribution < -0.4 is 9.64 Å². The van der Waals surface area contributed by atoms with E-state index in [0.29, 0.717) is 0 Å². The van der Waals surface area contributed by atoms with Gasteiger partial charge in [0.1, 0.15) is 22.7 Å². The molecule has 0 amide bonds. The van der Waals surface area contributed by atoms with E-state index in [1.807, 2.05) is 18.2 Å². The standard InChI is InChI=1S/C46H29NO2/c1-2-8-30(9-3-1)31-16-21-35(22-17-31)47(37-25-27-39-38-12-4-5-14-42(38)48-45(39)29-37)36-23-18-32(19-24-36)34-20-26-40-41-13-6-10-33-11-7-15-43(46(33)41)49-44(40)28-34/h1-29H. The Balaban J connectivity index is 1.04. The van der Waals surface area contributed by atoms with E-state index < -0.39 is 0 Å². The van der Waals surface area contributed by atoms with Crippen molar-refractivity contribution in [3.8, 4) is 44.9 Å². The molecule has 9 aromatic rings. The third-order valence-electron chi connectivity index (χ3n) is 9.67. The first-order valence-corrected chi connectivity index (χ1v) is 16.6. The summed E-state index contributed by atoms with van der Waals surface area (Å²) in [4.78, 5) is 2.29. The molecular weight excluding hydrogens is 599 g/mol. The number of nitrogens with zero attached hydrogens (tertiary/aromatic N) is 1. The van der Waals surface area contributed by atoms with E-state index >= 15 is 0 Å². The Morgan fingerprint density at radius 1 is 0.367 bits per heavy atom. The zero-order valence-corrected chi connectivity index (χ0v) is 26.5. The van der Waals surface area contributed by atoms with Crippen molar-refractivity contribution in [3.63, 3.8) is 0 Å². The molecule has 3 nitrogen and oxygen atoms in total. The Morgan fingerprint density at radius 3 is 1.80 bits per heavy atom. The Labute approximate surface area is 283 Å². The molecule has 0 N–H and O–H groups in total. The smallest absolute Gasteiger partial charge is 0.137 e. The van der Waals surface area contributed by atoms with Gasteiger partial charge in [-0.2, -0.15) is 0 Å². The van der Waals surface area contributed by atoms with Crippen molar-refractivity contribution in [1.82, 2.24) is 0 Å². The van der Waals surface area contributed by atoms with Crippen LogP contribution in [0.3, 0.4) is 0 Å². The van der Waals surface area contributed by atoms with Gasteiger partial charge in [0, 0.05) is 44.9 Å². The second kappa shape index (κ2) is 11.0. The minimum atomic E-state index is 0.868. The zero-order chi connectivity index (χ0) is 32.3. The van der Waals surface area contributed by atoms with Crippen LogP contribution in [0.25, 0.3) is 66.1 Å². The van der Waals surface area contributed by atoms with Gasteiger partial charge in [-0.1, -0.05) is 109 Å². The van der Waals surface area contributed by atoms with Crippen molar-refractivity contribution in [1.29, 1.82) is 0 Å². The van der Waals surface area contributed by atoms with Gasteiger partial charge in [0.05, 0.1) is 0 Å². The largest absolute Gasteiger partial charge is 0.456 e. The fourth-order valence-electron chi connectivity index (χ4n) is 7.28. The highest BCUT2D eigenvalue weighted by molar-refractivity contribution is 6.06. The lowest BCUT2D eigenvalue weighted by atomic mass is 9.93. The molecular formula is C46H29NO2. The van der Waals surface area contributed by atoms with Crippen LogP contribution in [0, 0.1) is 0 Å². The summed E-state index contributed by atoms with van der Waals surface area (Å²) in [6, 6.07) is 62.0. The third kappa shape index (κ3) is 4.59. The van der Waals surface area contributed by atoms with Crippen LogP contribution in [-0.2, 0) is 0 Å². The van der Waals surface area contributed by atoms with Crippen LogP contribution in [0.1, 0.15) is 0 Å². The van der Waals surface area contributed by atoms with Crippen molar-refractivity contribution in [2.75, 3.05) is 4.90 Å². The number of furan rings is 1. The Hall–Kier alpha value is -6.58. The fourth-order valence-corrected chi connectivity index (χ4v) is 7.28. The maximum atomic E-state index is 6.47. The number of ether oxygens (including phenoxy) is 1. The molecule has 0 bridgehead atoms. The van der Waals surface area contributed by atoms with E-state index in [9.17, 15) is 0 Å². The molecule has 3 heteroatoms. The quantitative estimate of drug-likeness (QED) is 0.190. The summed E-state index contributed by atoms with van der Waals surface area (Å²) in [6.45, 7) is 0. The van der Waals surface area contributed by atoms with Crippen LogP contribution in [0.2, 0.25) is 0 Å². The molecule has 0 unspecified atom stereocenters. The minimum Gasteiger partial charge on any atom is -0.456 e. The number of para-hydroxylation sites is 1. The first kappa shape index (κ1) is 27.5. The average molecular weight is 628 g/mol. The second-order valence-corrected chi connectivity index (χ2v) is 12.5. The molecule has 0 radical (unpaired) electrons. The molecule has 0 aliphatic carbocycles. The van der Waals surface area contributed by atoms with E-state index in [2.05, 4.69) is 163 Å². The van der Waals surface area contributed by atoms with Crippen LogP contribution in [0.15, 0.2) is 180 Å². The number of benzene rings is 8. The first-order chi connectivity index (χ1) is 24.3. The number of anilines is 3. The van der Waals surface area contributed by atoms with Gasteiger partial charge in [-0.25, -0.2) is 0 Å². The average Bonchev–Trinajstić information content (AvgIpc) is 3.54. The highest BCUT2D eigenvalue weighted by atomic mass is 16.5. The predicted octanol–water partition coefficient (Wildman–Crippen LogP) is 13.3. The van der Waals surface area contributed by atoms with E-state index in [4.69, 9.17) is 9.15 Å². The van der Waals surface area contributed by atoms with Crippen molar-refractivity contribution < 1.29 is 9.15 Å². The molecule has 0 atom stereocenters. The van der Waals surface area contributed by atoms with E-state index in [-0.39, 0.29) is 0 Å². The Morgan fingerprint density at radius 2 is 1.00 bits per heavy atom. The molecule has 0 saturated heterocycles. The van der Waals surface area contributed by atoms with E-state index in [0.717, 1.165) is 67.2 Å². The first-order valence-electron chi connectivity index (χ1n) is 16.6. The van der Waals surface area contributed by atoms with Crippen molar-refractivity contribution in [2.24, 2.45) is 0 Å². The van der Waals surface area contributed by atoms with Gasteiger partial charge in [0.25, 0.3) is 0 Å². The minimum absolute atomic E-state index is 0.868. The van der Waals surface area contributed by atoms with Crippen molar-refractivity contribution >= 4 is 49.8 Å². The highest BCUT2D eigenvalue weighted by Gasteiger charge is 2.21. The summed E-state index contributed by atoms with van der Waals surface area (Å²) in [6.07, 6.45) is 0. The maximum absolute atomic E-state index is 6.47. The molecule has 0 spiro atoms. The Bertz CT molecular complexity index is 2670. The van der Waals surface area contributed by atoms with Crippen molar-refractivity contribution in [3.05, 3.63) is 176 Å². The summed E-state index contributed by atoms with van der Waals surface area (Å²) in [5.41, 5.74) is 11.9. The third-order valence-corrected chi connectivity index (χ3v) is 9.67. The zero-order valence-electron chi connectivity index (χ0n) is 26.5. The molecule has 0 fully saturated rings. The SMILES string of the molecule is c1ccc(-c2ccc(N(c3ccc(-c4ccc5c(c4)Oc4cccc6cccc-5c46)cc3)c3ccc4c(c3)oc3ccccc34)cc2)cc1. The summed E-state index contributed by atoms with van der Waals surface area (Å²) in [7, 11) is 0. The van der Waals surface area contributed by atoms with Gasteiger partial charge >= 0.3 is 0 Å². The summed E-state index contributed by atoms with van der Waals surface area (Å²) in [5, 5.41) is 4.61. The lowest BCUT2D eigenvalue weighted by molar-refractivity contribution is 0.487. The highest BCUT2D eigenvalue weighted by Crippen LogP contribution is 2.48. The molecule has 0 saturated carbocycles. The van der Waals surface area contributed by atoms with E-state index in [1.165, 1.54) is 27.5 Å². The van der Waals surface area contributed by atoms with Crippen LogP contribution in [0.5, 0.6) is 11.5 Å². The molecule has 1 aliphatic heterocycles. The number of hydrogen-bond donors (Lipinski definition) is 0. The molecule has 1 aromatic heterocycles. The molecule has 10 rings (SSSR count). The van der Waals surface area contributed by atoms with Gasteiger partial charge in [0.2, 0.25) is 0 Å². The lowest BCUT2D eigenvalue weighted by Gasteiger charge is -2.26. The van der Waals surface area contributed by atoms with Gasteiger partial charge < -0.3 is 14.1 Å². The maximum Gasteiger partial charge on any atom is 0.137 e. The van der Waals surface area contributed by atoms with Gasteiger partial charge in [0.15, 0.2) is 0 Å². The van der Waals surface area contributed by atoms with Gasteiger partial charge in [-0.15, -0.1) is 0 Å². The Kier molecular flexibility index (Phi) is 6.18. The van der Waals surface area contributed by atoms with Crippen LogP contribution >= 0.6 is 0 Å². The number of hydrogen-bond acceptors (Lipinski definition) is 3. The fraction of sp³-hybridized carbons (Fsp3) is 0. The van der Waals surface area contributed by atoms with Gasteiger partial charge in [-0.3, -0.25) is 0 Å². The summed E-state index contributed by atoms with van der Waals surface area (Å²) in [5.74, 6) is 1.79. The lowest BCUT2D eigenvalue weighted by Crippen LogP contribution is -2.09. The molecule has 1 aliphatic rings. The molecule has 8 aromatic carbocycles. The van der Waals surface area contributed by atoms with Crippen LogP contribution in [0.4, 0.5) is 17.1 Å². The number of rotatable bonds is 5. The van der Waals surface area contributed by atoms with Crippen LogP contribution in [-0.4, -0.2) is 0 Å².